The van der Waals surface area contributed by atoms with Gasteiger partial charge < -0.3 is 10.4 Å². The summed E-state index contributed by atoms with van der Waals surface area (Å²) in [4.78, 5) is 23.1. The molecule has 21 heavy (non-hydrogen) atoms. The first-order valence-electron chi connectivity index (χ1n) is 6.22. The molecule has 1 rings (SSSR count). The number of carboxylic acids is 1. The van der Waals surface area contributed by atoms with Crippen LogP contribution in [0.4, 0.5) is 8.78 Å². The molecule has 116 valence electrons. The first-order valence-corrected chi connectivity index (χ1v) is 6.60. The second-order valence-corrected chi connectivity index (χ2v) is 5.56. The smallest absolute Gasteiger partial charge is 0.326 e. The molecule has 0 fully saturated rings. The highest BCUT2D eigenvalue weighted by molar-refractivity contribution is 6.30. The molecule has 7 heteroatoms. The van der Waals surface area contributed by atoms with E-state index in [1.807, 2.05) is 0 Å². The Hall–Kier alpha value is -1.69. The van der Waals surface area contributed by atoms with Gasteiger partial charge in [-0.25, -0.2) is 13.6 Å². The van der Waals surface area contributed by atoms with Crippen molar-refractivity contribution in [3.63, 3.8) is 0 Å². The Balaban J connectivity index is 2.92. The number of benzene rings is 1. The SMILES string of the molecule is CC(C)(C(=O)NC(CC(F)F)C(=O)O)c1cccc(Cl)c1. The summed E-state index contributed by atoms with van der Waals surface area (Å²) >= 11 is 5.86. The largest absolute Gasteiger partial charge is 0.480 e. The van der Waals surface area contributed by atoms with E-state index in [4.69, 9.17) is 16.7 Å². The second-order valence-electron chi connectivity index (χ2n) is 5.13. The van der Waals surface area contributed by atoms with Crippen molar-refractivity contribution in [1.82, 2.24) is 5.32 Å². The van der Waals surface area contributed by atoms with Gasteiger partial charge in [-0.05, 0) is 31.5 Å². The van der Waals surface area contributed by atoms with E-state index in [2.05, 4.69) is 5.32 Å². The van der Waals surface area contributed by atoms with Crippen LogP contribution in [-0.4, -0.2) is 29.5 Å². The van der Waals surface area contributed by atoms with Crippen LogP contribution in [0.2, 0.25) is 5.02 Å². The quantitative estimate of drug-likeness (QED) is 0.847. The predicted octanol–water partition coefficient (Wildman–Crippen LogP) is 2.84. The molecule has 0 radical (unpaired) electrons. The van der Waals surface area contributed by atoms with Crippen LogP contribution in [0.15, 0.2) is 24.3 Å². The van der Waals surface area contributed by atoms with E-state index in [1.165, 1.54) is 0 Å². The number of amides is 1. The van der Waals surface area contributed by atoms with Crippen LogP contribution in [0.3, 0.4) is 0 Å². The molecule has 0 saturated carbocycles. The number of alkyl halides is 2. The summed E-state index contributed by atoms with van der Waals surface area (Å²) in [6.07, 6.45) is -3.76. The Morgan fingerprint density at radius 3 is 2.48 bits per heavy atom. The molecule has 1 aromatic carbocycles. The summed E-state index contributed by atoms with van der Waals surface area (Å²) in [7, 11) is 0. The molecule has 1 unspecified atom stereocenters. The van der Waals surface area contributed by atoms with Gasteiger partial charge in [-0.3, -0.25) is 4.79 Å². The molecule has 0 heterocycles. The van der Waals surface area contributed by atoms with Gasteiger partial charge in [-0.1, -0.05) is 23.7 Å². The van der Waals surface area contributed by atoms with E-state index < -0.39 is 36.2 Å². The van der Waals surface area contributed by atoms with E-state index in [9.17, 15) is 18.4 Å². The summed E-state index contributed by atoms with van der Waals surface area (Å²) in [5.41, 5.74) is -0.533. The lowest BCUT2D eigenvalue weighted by atomic mass is 9.83. The zero-order valence-electron chi connectivity index (χ0n) is 11.6. The summed E-state index contributed by atoms with van der Waals surface area (Å²) in [5.74, 6) is -2.15. The molecular weight excluding hydrogens is 304 g/mol. The first kappa shape index (κ1) is 17.4. The Morgan fingerprint density at radius 2 is 2.00 bits per heavy atom. The van der Waals surface area contributed by atoms with E-state index >= 15 is 0 Å². The van der Waals surface area contributed by atoms with Crippen molar-refractivity contribution in [2.45, 2.75) is 38.2 Å². The third kappa shape index (κ3) is 4.67. The van der Waals surface area contributed by atoms with Crippen molar-refractivity contribution < 1.29 is 23.5 Å². The van der Waals surface area contributed by atoms with Gasteiger partial charge in [0.1, 0.15) is 6.04 Å². The van der Waals surface area contributed by atoms with Gasteiger partial charge in [-0.2, -0.15) is 0 Å². The molecule has 0 saturated heterocycles. The third-order valence-electron chi connectivity index (χ3n) is 3.13. The maximum Gasteiger partial charge on any atom is 0.326 e. The number of aliphatic carboxylic acids is 1. The average Bonchev–Trinajstić information content (AvgIpc) is 2.37. The van der Waals surface area contributed by atoms with Crippen LogP contribution >= 0.6 is 11.6 Å². The van der Waals surface area contributed by atoms with Crippen LogP contribution in [0.25, 0.3) is 0 Å². The summed E-state index contributed by atoms with van der Waals surface area (Å²) < 4.78 is 24.7. The lowest BCUT2D eigenvalue weighted by molar-refractivity contribution is -0.143. The molecule has 0 aliphatic carbocycles. The van der Waals surface area contributed by atoms with Crippen molar-refractivity contribution >= 4 is 23.5 Å². The van der Waals surface area contributed by atoms with Crippen LogP contribution in [0.1, 0.15) is 25.8 Å². The summed E-state index contributed by atoms with van der Waals surface area (Å²) in [6.45, 7) is 3.13. The van der Waals surface area contributed by atoms with Crippen LogP contribution < -0.4 is 5.32 Å². The molecule has 4 nitrogen and oxygen atoms in total. The van der Waals surface area contributed by atoms with Gasteiger partial charge in [0, 0.05) is 11.4 Å². The lowest BCUT2D eigenvalue weighted by Gasteiger charge is -2.26. The van der Waals surface area contributed by atoms with Gasteiger partial charge in [0.15, 0.2) is 0 Å². The number of rotatable bonds is 6. The monoisotopic (exact) mass is 319 g/mol. The Bertz CT molecular complexity index is 535. The molecular formula is C14H16ClF2NO3. The van der Waals surface area contributed by atoms with E-state index in [0.717, 1.165) is 0 Å². The summed E-state index contributed by atoms with van der Waals surface area (Å²) in [6, 6.07) is 4.89. The van der Waals surface area contributed by atoms with Crippen molar-refractivity contribution in [1.29, 1.82) is 0 Å². The maximum absolute atomic E-state index is 12.3. The fourth-order valence-electron chi connectivity index (χ4n) is 1.75. The normalized spacial score (nSPS) is 13.0. The minimum absolute atomic E-state index is 0.427. The number of nitrogens with one attached hydrogen (secondary N) is 1. The van der Waals surface area contributed by atoms with E-state index in [1.54, 1.807) is 38.1 Å². The molecule has 0 spiro atoms. The molecule has 0 bridgehead atoms. The van der Waals surface area contributed by atoms with E-state index in [0.29, 0.717) is 10.6 Å². The van der Waals surface area contributed by atoms with Gasteiger partial charge in [-0.15, -0.1) is 0 Å². The summed E-state index contributed by atoms with van der Waals surface area (Å²) in [5, 5.41) is 11.5. The molecule has 0 aromatic heterocycles. The minimum Gasteiger partial charge on any atom is -0.480 e. The highest BCUT2D eigenvalue weighted by Gasteiger charge is 2.34. The fourth-order valence-corrected chi connectivity index (χ4v) is 1.94. The van der Waals surface area contributed by atoms with Gasteiger partial charge >= 0.3 is 5.97 Å². The predicted molar refractivity (Wildman–Crippen MR) is 74.7 cm³/mol. The standard InChI is InChI=1S/C14H16ClF2NO3/c1-14(2,8-4-3-5-9(15)6-8)13(21)18-10(12(19)20)7-11(16)17/h3-6,10-11H,7H2,1-2H3,(H,18,21)(H,19,20). The topological polar surface area (TPSA) is 66.4 Å². The Morgan fingerprint density at radius 1 is 1.38 bits per heavy atom. The highest BCUT2D eigenvalue weighted by Crippen LogP contribution is 2.26. The van der Waals surface area contributed by atoms with Crippen LogP contribution in [0.5, 0.6) is 0 Å². The van der Waals surface area contributed by atoms with Gasteiger partial charge in [0.25, 0.3) is 0 Å². The first-order chi connectivity index (χ1) is 9.64. The highest BCUT2D eigenvalue weighted by atomic mass is 35.5. The Labute approximate surface area is 126 Å². The Kier molecular flexibility index (Phi) is 5.66. The average molecular weight is 320 g/mol. The van der Waals surface area contributed by atoms with Crippen molar-refractivity contribution in [2.75, 3.05) is 0 Å². The molecule has 1 aromatic rings. The second kappa shape index (κ2) is 6.85. The number of carboxylic acid groups (broad SMARTS) is 1. The number of hydrogen-bond acceptors (Lipinski definition) is 2. The van der Waals surface area contributed by atoms with Gasteiger partial charge in [0.2, 0.25) is 12.3 Å². The fraction of sp³-hybridized carbons (Fsp3) is 0.429. The molecule has 0 aliphatic rings. The zero-order chi connectivity index (χ0) is 16.2. The van der Waals surface area contributed by atoms with Crippen molar-refractivity contribution in [3.8, 4) is 0 Å². The van der Waals surface area contributed by atoms with Gasteiger partial charge in [0.05, 0.1) is 5.41 Å². The van der Waals surface area contributed by atoms with Crippen molar-refractivity contribution in [2.24, 2.45) is 0 Å². The number of carbonyl (C=O) groups excluding carboxylic acids is 1. The number of halogens is 3. The van der Waals surface area contributed by atoms with Crippen LogP contribution in [0, 0.1) is 0 Å². The minimum atomic E-state index is -2.82. The van der Waals surface area contributed by atoms with E-state index in [-0.39, 0.29) is 0 Å². The third-order valence-corrected chi connectivity index (χ3v) is 3.37. The lowest BCUT2D eigenvalue weighted by Crippen LogP contribution is -2.49. The molecule has 2 N–H and O–H groups in total. The molecule has 1 atom stereocenters. The van der Waals surface area contributed by atoms with Crippen molar-refractivity contribution in [3.05, 3.63) is 34.9 Å². The number of hydrogen-bond donors (Lipinski definition) is 2. The molecule has 1 amide bonds. The zero-order valence-corrected chi connectivity index (χ0v) is 12.3. The molecule has 0 aliphatic heterocycles. The maximum atomic E-state index is 12.3. The van der Waals surface area contributed by atoms with Crippen LogP contribution in [-0.2, 0) is 15.0 Å². The number of carbonyl (C=O) groups is 2.